The number of carbonyl (C=O) groups is 1. The van der Waals surface area contributed by atoms with E-state index in [2.05, 4.69) is 16.9 Å². The van der Waals surface area contributed by atoms with Crippen LogP contribution in [0.15, 0.2) is 11.8 Å². The number of allylic oxidation sites excluding steroid dienone is 1. The van der Waals surface area contributed by atoms with E-state index in [1.807, 2.05) is 0 Å². The first-order chi connectivity index (χ1) is 5.77. The Balaban J connectivity index is 2.08. The third-order valence-corrected chi connectivity index (χ3v) is 2.61. The molecule has 2 aliphatic rings. The van der Waals surface area contributed by atoms with Crippen LogP contribution in [-0.4, -0.2) is 12.5 Å². The van der Waals surface area contributed by atoms with E-state index >= 15 is 0 Å². The molecule has 0 radical (unpaired) electrons. The molecular formula is C8H13N3O. The van der Waals surface area contributed by atoms with Crippen LogP contribution in [0.4, 0.5) is 0 Å². The van der Waals surface area contributed by atoms with Crippen LogP contribution in [0.25, 0.3) is 0 Å². The summed E-state index contributed by atoms with van der Waals surface area (Å²) in [6.07, 6.45) is 3.75. The molecule has 1 saturated heterocycles. The fraction of sp³-hybridized carbons (Fsp3) is 0.625. The summed E-state index contributed by atoms with van der Waals surface area (Å²) in [5, 5.41) is 0. The van der Waals surface area contributed by atoms with Crippen LogP contribution < -0.4 is 16.6 Å². The van der Waals surface area contributed by atoms with E-state index in [0.717, 1.165) is 19.4 Å². The lowest BCUT2D eigenvalue weighted by Gasteiger charge is -2.21. The van der Waals surface area contributed by atoms with E-state index < -0.39 is 0 Å². The zero-order valence-electron chi connectivity index (χ0n) is 6.84. The quantitative estimate of drug-likeness (QED) is 0.492. The Morgan fingerprint density at radius 3 is 3.25 bits per heavy atom. The SMILES string of the molecule is NC(=O)C1CC=C2NNCC2C1. The standard InChI is InChI=1S/C8H13N3O/c9-8(12)5-1-2-7-6(3-5)4-10-11-7/h2,5-6,10-11H,1,3-4H2,(H2,9,12). The summed E-state index contributed by atoms with van der Waals surface area (Å²) in [6.45, 7) is 0.912. The van der Waals surface area contributed by atoms with Crippen molar-refractivity contribution >= 4 is 5.91 Å². The van der Waals surface area contributed by atoms with Crippen molar-refractivity contribution in [2.24, 2.45) is 17.6 Å². The Labute approximate surface area is 71.2 Å². The first-order valence-electron chi connectivity index (χ1n) is 4.25. The van der Waals surface area contributed by atoms with E-state index in [4.69, 9.17) is 5.73 Å². The van der Waals surface area contributed by atoms with Crippen LogP contribution in [0.1, 0.15) is 12.8 Å². The van der Waals surface area contributed by atoms with Crippen LogP contribution in [-0.2, 0) is 4.79 Å². The van der Waals surface area contributed by atoms with Crippen LogP contribution in [0.2, 0.25) is 0 Å². The van der Waals surface area contributed by atoms with Gasteiger partial charge in [-0.05, 0) is 12.8 Å². The maximum Gasteiger partial charge on any atom is 0.220 e. The molecule has 4 heteroatoms. The van der Waals surface area contributed by atoms with Gasteiger partial charge in [0.05, 0.1) is 0 Å². The smallest absolute Gasteiger partial charge is 0.220 e. The predicted octanol–water partition coefficient (Wildman–Crippen LogP) is -0.510. The molecule has 1 aliphatic carbocycles. The molecule has 1 heterocycles. The number of fused-ring (bicyclic) bond motifs is 1. The second-order valence-corrected chi connectivity index (χ2v) is 3.43. The van der Waals surface area contributed by atoms with E-state index in [-0.39, 0.29) is 11.8 Å². The number of nitrogens with two attached hydrogens (primary N) is 1. The van der Waals surface area contributed by atoms with Gasteiger partial charge in [-0.25, -0.2) is 5.43 Å². The molecule has 0 aromatic heterocycles. The van der Waals surface area contributed by atoms with Gasteiger partial charge in [0.15, 0.2) is 0 Å². The lowest BCUT2D eigenvalue weighted by Crippen LogP contribution is -2.28. The highest BCUT2D eigenvalue weighted by molar-refractivity contribution is 5.77. The Morgan fingerprint density at radius 2 is 2.50 bits per heavy atom. The molecule has 0 spiro atoms. The predicted molar refractivity (Wildman–Crippen MR) is 44.6 cm³/mol. The van der Waals surface area contributed by atoms with Gasteiger partial charge in [0.1, 0.15) is 0 Å². The van der Waals surface area contributed by atoms with Crippen molar-refractivity contribution in [2.75, 3.05) is 6.54 Å². The lowest BCUT2D eigenvalue weighted by molar-refractivity contribution is -0.122. The molecule has 0 saturated carbocycles. The summed E-state index contributed by atoms with van der Waals surface area (Å²) in [5.74, 6) is 0.342. The van der Waals surface area contributed by atoms with Gasteiger partial charge in [-0.1, -0.05) is 6.08 Å². The van der Waals surface area contributed by atoms with Gasteiger partial charge in [-0.2, -0.15) is 0 Å². The molecule has 0 aromatic carbocycles. The van der Waals surface area contributed by atoms with Crippen molar-refractivity contribution in [2.45, 2.75) is 12.8 Å². The van der Waals surface area contributed by atoms with Crippen molar-refractivity contribution in [1.82, 2.24) is 10.9 Å². The molecule has 1 aliphatic heterocycles. The lowest BCUT2D eigenvalue weighted by atomic mass is 9.85. The van der Waals surface area contributed by atoms with Crippen LogP contribution in [0.5, 0.6) is 0 Å². The molecular weight excluding hydrogens is 154 g/mol. The van der Waals surface area contributed by atoms with Crippen molar-refractivity contribution in [1.29, 1.82) is 0 Å². The minimum absolute atomic E-state index is 0.0421. The van der Waals surface area contributed by atoms with E-state index in [0.29, 0.717) is 5.92 Å². The summed E-state index contributed by atoms with van der Waals surface area (Å²) < 4.78 is 0. The van der Waals surface area contributed by atoms with Gasteiger partial charge in [-0.15, -0.1) is 0 Å². The Kier molecular flexibility index (Phi) is 1.77. The first-order valence-corrected chi connectivity index (χ1v) is 4.25. The average Bonchev–Trinajstić information content (AvgIpc) is 2.49. The summed E-state index contributed by atoms with van der Waals surface area (Å²) in [4.78, 5) is 10.9. The monoisotopic (exact) mass is 167 g/mol. The molecule has 4 N–H and O–H groups in total. The fourth-order valence-corrected chi connectivity index (χ4v) is 1.86. The van der Waals surface area contributed by atoms with Crippen molar-refractivity contribution in [3.63, 3.8) is 0 Å². The number of hydrazine groups is 1. The van der Waals surface area contributed by atoms with E-state index in [1.54, 1.807) is 0 Å². The third-order valence-electron chi connectivity index (χ3n) is 2.61. The van der Waals surface area contributed by atoms with Gasteiger partial charge < -0.3 is 11.2 Å². The Morgan fingerprint density at radius 1 is 1.67 bits per heavy atom. The summed E-state index contributed by atoms with van der Waals surface area (Å²) in [7, 11) is 0. The molecule has 4 nitrogen and oxygen atoms in total. The largest absolute Gasteiger partial charge is 0.369 e. The maximum absolute atomic E-state index is 10.9. The number of primary amides is 1. The van der Waals surface area contributed by atoms with E-state index in [1.165, 1.54) is 5.70 Å². The van der Waals surface area contributed by atoms with Gasteiger partial charge in [0.2, 0.25) is 5.91 Å². The average molecular weight is 167 g/mol. The molecule has 1 fully saturated rings. The van der Waals surface area contributed by atoms with Gasteiger partial charge in [0, 0.05) is 24.1 Å². The minimum Gasteiger partial charge on any atom is -0.369 e. The maximum atomic E-state index is 10.9. The zero-order valence-corrected chi connectivity index (χ0v) is 6.84. The fourth-order valence-electron chi connectivity index (χ4n) is 1.86. The van der Waals surface area contributed by atoms with Crippen LogP contribution in [0.3, 0.4) is 0 Å². The van der Waals surface area contributed by atoms with Gasteiger partial charge >= 0.3 is 0 Å². The number of hydrogen-bond donors (Lipinski definition) is 3. The molecule has 12 heavy (non-hydrogen) atoms. The summed E-state index contributed by atoms with van der Waals surface area (Å²) in [6, 6.07) is 0. The Bertz CT molecular complexity index is 236. The first kappa shape index (κ1) is 7.61. The number of nitrogens with one attached hydrogen (secondary N) is 2. The van der Waals surface area contributed by atoms with Crippen molar-refractivity contribution < 1.29 is 4.79 Å². The van der Waals surface area contributed by atoms with Crippen molar-refractivity contribution in [3.8, 4) is 0 Å². The van der Waals surface area contributed by atoms with E-state index in [9.17, 15) is 4.79 Å². The molecule has 2 atom stereocenters. The van der Waals surface area contributed by atoms with Gasteiger partial charge in [-0.3, -0.25) is 4.79 Å². The Hall–Kier alpha value is -1.03. The number of hydrogen-bond acceptors (Lipinski definition) is 3. The summed E-state index contributed by atoms with van der Waals surface area (Å²) >= 11 is 0. The van der Waals surface area contributed by atoms with Crippen molar-refractivity contribution in [3.05, 3.63) is 11.8 Å². The topological polar surface area (TPSA) is 67.2 Å². The molecule has 0 aromatic rings. The van der Waals surface area contributed by atoms with Crippen LogP contribution in [0, 0.1) is 11.8 Å². The minimum atomic E-state index is -0.169. The highest BCUT2D eigenvalue weighted by atomic mass is 16.1. The molecule has 2 rings (SSSR count). The molecule has 66 valence electrons. The summed E-state index contributed by atoms with van der Waals surface area (Å²) in [5.41, 5.74) is 12.6. The number of rotatable bonds is 1. The second kappa shape index (κ2) is 2.79. The molecule has 1 amide bonds. The second-order valence-electron chi connectivity index (χ2n) is 3.43. The van der Waals surface area contributed by atoms with Crippen LogP contribution >= 0.6 is 0 Å². The number of carbonyl (C=O) groups excluding carboxylic acids is 1. The zero-order chi connectivity index (χ0) is 8.55. The highest BCUT2D eigenvalue weighted by Gasteiger charge is 2.29. The molecule has 0 bridgehead atoms. The molecule has 2 unspecified atom stereocenters. The normalized spacial score (nSPS) is 33.5. The van der Waals surface area contributed by atoms with Gasteiger partial charge in [0.25, 0.3) is 0 Å². The third kappa shape index (κ3) is 1.18. The number of amides is 1. The highest BCUT2D eigenvalue weighted by Crippen LogP contribution is 2.28.